The zero-order chi connectivity index (χ0) is 17.1. The molecule has 0 aliphatic rings. The molecule has 1 heterocycles. The van der Waals surface area contributed by atoms with Crippen LogP contribution in [0.2, 0.25) is 0 Å². The van der Waals surface area contributed by atoms with E-state index in [2.05, 4.69) is 5.32 Å². The SMILES string of the molecule is O=C(NCc1ccccc1)c1cc2ccc([N+](=O)[O-])cc2c(=O)o1. The molecule has 0 bridgehead atoms. The van der Waals surface area contributed by atoms with Crippen LogP contribution in [0.15, 0.2) is 63.8 Å². The summed E-state index contributed by atoms with van der Waals surface area (Å²) in [7, 11) is 0. The van der Waals surface area contributed by atoms with Gasteiger partial charge in [0.25, 0.3) is 11.6 Å². The topological polar surface area (TPSA) is 102 Å². The number of non-ortho nitro benzene ring substituents is 1. The third kappa shape index (κ3) is 3.14. The van der Waals surface area contributed by atoms with Crippen molar-refractivity contribution in [3.63, 3.8) is 0 Å². The normalized spacial score (nSPS) is 10.5. The van der Waals surface area contributed by atoms with Crippen LogP contribution < -0.4 is 10.9 Å². The second-order valence-electron chi connectivity index (χ2n) is 5.10. The molecule has 120 valence electrons. The lowest BCUT2D eigenvalue weighted by molar-refractivity contribution is -0.384. The molecule has 0 aliphatic heterocycles. The molecule has 1 N–H and O–H groups in total. The summed E-state index contributed by atoms with van der Waals surface area (Å²) in [6, 6.07) is 14.5. The lowest BCUT2D eigenvalue weighted by Crippen LogP contribution is -2.24. The molecule has 0 saturated heterocycles. The Bertz CT molecular complexity index is 979. The molecule has 1 amide bonds. The van der Waals surface area contributed by atoms with Crippen molar-refractivity contribution in [1.29, 1.82) is 0 Å². The van der Waals surface area contributed by atoms with Gasteiger partial charge in [0, 0.05) is 18.7 Å². The number of hydrogen-bond donors (Lipinski definition) is 1. The van der Waals surface area contributed by atoms with Crippen molar-refractivity contribution in [2.45, 2.75) is 6.54 Å². The van der Waals surface area contributed by atoms with E-state index in [1.54, 1.807) is 0 Å². The van der Waals surface area contributed by atoms with Crippen LogP contribution in [0.3, 0.4) is 0 Å². The van der Waals surface area contributed by atoms with Gasteiger partial charge in [-0.2, -0.15) is 0 Å². The van der Waals surface area contributed by atoms with Crippen molar-refractivity contribution >= 4 is 22.4 Å². The minimum absolute atomic E-state index is 0.0591. The Balaban J connectivity index is 1.87. The zero-order valence-corrected chi connectivity index (χ0v) is 12.4. The van der Waals surface area contributed by atoms with Gasteiger partial charge in [-0.1, -0.05) is 30.3 Å². The Morgan fingerprint density at radius 2 is 1.88 bits per heavy atom. The first-order chi connectivity index (χ1) is 11.5. The summed E-state index contributed by atoms with van der Waals surface area (Å²) in [6.07, 6.45) is 0. The highest BCUT2D eigenvalue weighted by molar-refractivity contribution is 5.95. The summed E-state index contributed by atoms with van der Waals surface area (Å²) in [4.78, 5) is 34.3. The summed E-state index contributed by atoms with van der Waals surface area (Å²) >= 11 is 0. The van der Waals surface area contributed by atoms with Crippen molar-refractivity contribution in [2.24, 2.45) is 0 Å². The summed E-state index contributed by atoms with van der Waals surface area (Å²) in [5, 5.41) is 13.9. The van der Waals surface area contributed by atoms with E-state index in [1.807, 2.05) is 30.3 Å². The Morgan fingerprint density at radius 1 is 1.12 bits per heavy atom. The average molecular weight is 324 g/mol. The molecule has 2 aromatic carbocycles. The fraction of sp³-hybridized carbons (Fsp3) is 0.0588. The molecular formula is C17H12N2O5. The first-order valence-corrected chi connectivity index (χ1v) is 7.09. The predicted octanol–water partition coefficient (Wildman–Crippen LogP) is 2.63. The van der Waals surface area contributed by atoms with E-state index in [0.717, 1.165) is 11.6 Å². The van der Waals surface area contributed by atoms with Crippen LogP contribution in [-0.4, -0.2) is 10.8 Å². The number of rotatable bonds is 4. The largest absolute Gasteiger partial charge is 0.417 e. The first-order valence-electron chi connectivity index (χ1n) is 7.09. The number of nitro groups is 1. The van der Waals surface area contributed by atoms with Crippen molar-refractivity contribution in [1.82, 2.24) is 5.32 Å². The molecule has 7 heteroatoms. The molecule has 24 heavy (non-hydrogen) atoms. The van der Waals surface area contributed by atoms with Crippen LogP contribution >= 0.6 is 0 Å². The van der Waals surface area contributed by atoms with Crippen molar-refractivity contribution in [3.8, 4) is 0 Å². The van der Waals surface area contributed by atoms with E-state index in [4.69, 9.17) is 4.42 Å². The number of fused-ring (bicyclic) bond motifs is 1. The second-order valence-corrected chi connectivity index (χ2v) is 5.10. The maximum absolute atomic E-state index is 12.1. The van der Waals surface area contributed by atoms with Crippen molar-refractivity contribution < 1.29 is 14.1 Å². The van der Waals surface area contributed by atoms with Gasteiger partial charge in [0.2, 0.25) is 0 Å². The third-order valence-corrected chi connectivity index (χ3v) is 3.48. The van der Waals surface area contributed by atoms with Gasteiger partial charge in [-0.3, -0.25) is 14.9 Å². The van der Waals surface area contributed by atoms with E-state index >= 15 is 0 Å². The molecule has 0 saturated carbocycles. The highest BCUT2D eigenvalue weighted by Crippen LogP contribution is 2.19. The Kier molecular flexibility index (Phi) is 4.07. The molecule has 0 spiro atoms. The van der Waals surface area contributed by atoms with Gasteiger partial charge in [-0.15, -0.1) is 0 Å². The van der Waals surface area contributed by atoms with Crippen molar-refractivity contribution in [3.05, 3.63) is 86.5 Å². The monoisotopic (exact) mass is 324 g/mol. The number of nitrogens with zero attached hydrogens (tertiary/aromatic N) is 1. The number of hydrogen-bond acceptors (Lipinski definition) is 5. The fourth-order valence-electron chi connectivity index (χ4n) is 2.26. The maximum Gasteiger partial charge on any atom is 0.344 e. The third-order valence-electron chi connectivity index (χ3n) is 3.48. The minimum atomic E-state index is -0.791. The number of nitro benzene ring substituents is 1. The molecule has 0 unspecified atom stereocenters. The van der Waals surface area contributed by atoms with Gasteiger partial charge >= 0.3 is 5.63 Å². The Morgan fingerprint density at radius 3 is 2.58 bits per heavy atom. The van der Waals surface area contributed by atoms with Gasteiger partial charge in [0.1, 0.15) is 0 Å². The number of carbonyl (C=O) groups excluding carboxylic acids is 1. The standard InChI is InChI=1S/C17H12N2O5/c20-16(18-10-11-4-2-1-3-5-11)15-8-12-6-7-13(19(22)23)9-14(12)17(21)24-15/h1-9H,10H2,(H,18,20). The zero-order valence-electron chi connectivity index (χ0n) is 12.4. The van der Waals surface area contributed by atoms with E-state index in [1.165, 1.54) is 18.2 Å². The molecule has 0 radical (unpaired) electrons. The fourth-order valence-corrected chi connectivity index (χ4v) is 2.26. The Hall–Kier alpha value is -3.48. The molecular weight excluding hydrogens is 312 g/mol. The predicted molar refractivity (Wildman–Crippen MR) is 86.8 cm³/mol. The smallest absolute Gasteiger partial charge is 0.344 e. The second kappa shape index (κ2) is 6.33. The molecule has 1 aromatic heterocycles. The highest BCUT2D eigenvalue weighted by Gasteiger charge is 2.14. The van der Waals surface area contributed by atoms with Crippen molar-refractivity contribution in [2.75, 3.05) is 0 Å². The number of carbonyl (C=O) groups is 1. The average Bonchev–Trinajstić information content (AvgIpc) is 2.60. The van der Waals surface area contributed by atoms with Gasteiger partial charge in [0.05, 0.1) is 10.3 Å². The molecule has 0 aliphatic carbocycles. The molecule has 0 atom stereocenters. The van der Waals surface area contributed by atoms with Gasteiger partial charge in [-0.05, 0) is 23.1 Å². The van der Waals surface area contributed by atoms with E-state index < -0.39 is 16.5 Å². The number of nitrogens with one attached hydrogen (secondary N) is 1. The minimum Gasteiger partial charge on any atom is -0.417 e. The quantitative estimate of drug-likeness (QED) is 0.587. The molecule has 3 aromatic rings. The van der Waals surface area contributed by atoms with Crippen LogP contribution in [0.25, 0.3) is 10.8 Å². The van der Waals surface area contributed by atoms with Gasteiger partial charge in [-0.25, -0.2) is 4.79 Å². The van der Waals surface area contributed by atoms with Crippen LogP contribution in [0, 0.1) is 10.1 Å². The van der Waals surface area contributed by atoms with Gasteiger partial charge in [0.15, 0.2) is 5.76 Å². The van der Waals surface area contributed by atoms with Crippen LogP contribution in [0.4, 0.5) is 5.69 Å². The number of amides is 1. The van der Waals surface area contributed by atoms with E-state index in [9.17, 15) is 19.7 Å². The lowest BCUT2D eigenvalue weighted by atomic mass is 10.1. The number of benzene rings is 2. The van der Waals surface area contributed by atoms with E-state index in [-0.39, 0.29) is 16.8 Å². The highest BCUT2D eigenvalue weighted by atomic mass is 16.6. The summed E-state index contributed by atoms with van der Waals surface area (Å²) in [5.74, 6) is -0.673. The summed E-state index contributed by atoms with van der Waals surface area (Å²) in [5.41, 5.74) is -0.0956. The summed E-state index contributed by atoms with van der Waals surface area (Å²) < 4.78 is 4.99. The Labute approximate surface area is 135 Å². The first kappa shape index (κ1) is 15.4. The summed E-state index contributed by atoms with van der Waals surface area (Å²) in [6.45, 7) is 0.293. The molecule has 0 fully saturated rings. The molecule has 7 nitrogen and oxygen atoms in total. The molecule has 3 rings (SSSR count). The van der Waals surface area contributed by atoms with Crippen LogP contribution in [-0.2, 0) is 6.54 Å². The van der Waals surface area contributed by atoms with Gasteiger partial charge < -0.3 is 9.73 Å². The van der Waals surface area contributed by atoms with E-state index in [0.29, 0.717) is 11.9 Å². The lowest BCUT2D eigenvalue weighted by Gasteiger charge is -2.05. The maximum atomic E-state index is 12.1. The van der Waals surface area contributed by atoms with Crippen LogP contribution in [0.5, 0.6) is 0 Å². The van der Waals surface area contributed by atoms with Crippen LogP contribution in [0.1, 0.15) is 16.1 Å².